The Labute approximate surface area is 74.7 Å². The minimum atomic E-state index is 0.0191. The van der Waals surface area contributed by atoms with Crippen molar-refractivity contribution in [1.82, 2.24) is 4.67 Å². The number of hydrogen-bond acceptors (Lipinski definition) is 3. The Morgan fingerprint density at radius 1 is 1.58 bits per heavy atom. The van der Waals surface area contributed by atoms with Gasteiger partial charge in [0.2, 0.25) is 0 Å². The molecule has 4 heteroatoms. The number of esters is 1. The van der Waals surface area contributed by atoms with Crippen LogP contribution in [0.1, 0.15) is 6.92 Å². The van der Waals surface area contributed by atoms with E-state index in [0.29, 0.717) is 18.4 Å². The van der Waals surface area contributed by atoms with Crippen molar-refractivity contribution in [3.05, 3.63) is 0 Å². The standard InChI is InChI=1S/C8H14NO2P/c1-2-11-8(10)7-5-3-9(12)4-6(5)7/h5-7H,2-4,12H2,1H3/t5-,6+,7+. The SMILES string of the molecule is CCOC(=O)[C@H]1[C@@H]2CN(P)C[C@@H]21. The number of ether oxygens (including phenoxy) is 1. The Hall–Kier alpha value is -0.140. The molecule has 1 heterocycles. The molecular formula is C8H14NO2P. The first-order chi connectivity index (χ1) is 5.74. The summed E-state index contributed by atoms with van der Waals surface area (Å²) in [6, 6.07) is 0. The molecule has 0 aromatic rings. The molecular weight excluding hydrogens is 173 g/mol. The van der Waals surface area contributed by atoms with Crippen molar-refractivity contribution >= 4 is 15.4 Å². The van der Waals surface area contributed by atoms with Gasteiger partial charge in [0.25, 0.3) is 0 Å². The third kappa shape index (κ3) is 1.25. The van der Waals surface area contributed by atoms with Crippen molar-refractivity contribution in [3.63, 3.8) is 0 Å². The van der Waals surface area contributed by atoms with Crippen LogP contribution in [0.5, 0.6) is 0 Å². The first-order valence-corrected chi connectivity index (χ1v) is 4.92. The van der Waals surface area contributed by atoms with Gasteiger partial charge in [-0.15, -0.1) is 0 Å². The summed E-state index contributed by atoms with van der Waals surface area (Å²) in [6.45, 7) is 4.45. The predicted molar refractivity (Wildman–Crippen MR) is 48.4 cm³/mol. The Balaban J connectivity index is 1.85. The number of rotatable bonds is 2. The van der Waals surface area contributed by atoms with Crippen LogP contribution < -0.4 is 0 Å². The quantitative estimate of drug-likeness (QED) is 0.466. The lowest BCUT2D eigenvalue weighted by Crippen LogP contribution is -2.18. The predicted octanol–water partition coefficient (Wildman–Crippen LogP) is 0.517. The van der Waals surface area contributed by atoms with Gasteiger partial charge in [0, 0.05) is 13.1 Å². The third-order valence-electron chi connectivity index (χ3n) is 2.78. The van der Waals surface area contributed by atoms with Gasteiger partial charge in [-0.2, -0.15) is 0 Å². The Morgan fingerprint density at radius 3 is 2.67 bits per heavy atom. The van der Waals surface area contributed by atoms with Crippen LogP contribution in [0.25, 0.3) is 0 Å². The summed E-state index contributed by atoms with van der Waals surface area (Å²) in [5.74, 6) is 1.41. The number of carbonyl (C=O) groups is 1. The monoisotopic (exact) mass is 187 g/mol. The van der Waals surface area contributed by atoms with Crippen LogP contribution in [-0.2, 0) is 9.53 Å². The molecule has 0 aromatic heterocycles. The summed E-state index contributed by atoms with van der Waals surface area (Å²) in [7, 11) is 2.68. The lowest BCUT2D eigenvalue weighted by atomic mass is 10.3. The highest BCUT2D eigenvalue weighted by molar-refractivity contribution is 7.13. The largest absolute Gasteiger partial charge is 0.466 e. The summed E-state index contributed by atoms with van der Waals surface area (Å²) >= 11 is 0. The van der Waals surface area contributed by atoms with Crippen LogP contribution >= 0.6 is 9.39 Å². The molecule has 2 fully saturated rings. The van der Waals surface area contributed by atoms with Gasteiger partial charge in [-0.3, -0.25) is 9.46 Å². The number of fused-ring (bicyclic) bond motifs is 1. The van der Waals surface area contributed by atoms with Crippen LogP contribution in [0.15, 0.2) is 0 Å². The first kappa shape index (κ1) is 8.46. The van der Waals surface area contributed by atoms with Gasteiger partial charge in [0.15, 0.2) is 0 Å². The van der Waals surface area contributed by atoms with E-state index in [4.69, 9.17) is 4.74 Å². The number of piperidine rings is 1. The second kappa shape index (κ2) is 2.97. The van der Waals surface area contributed by atoms with Crippen LogP contribution in [0, 0.1) is 17.8 Å². The average molecular weight is 187 g/mol. The zero-order valence-electron chi connectivity index (χ0n) is 7.19. The molecule has 1 unspecified atom stereocenters. The molecule has 0 amide bonds. The summed E-state index contributed by atoms with van der Waals surface area (Å²) < 4.78 is 7.17. The van der Waals surface area contributed by atoms with E-state index in [1.54, 1.807) is 0 Å². The second-order valence-electron chi connectivity index (χ2n) is 3.56. The summed E-state index contributed by atoms with van der Waals surface area (Å²) in [4.78, 5) is 11.3. The molecule has 0 radical (unpaired) electrons. The lowest BCUT2D eigenvalue weighted by Gasteiger charge is -2.11. The number of nitrogens with zero attached hydrogens (tertiary/aromatic N) is 1. The van der Waals surface area contributed by atoms with E-state index in [0.717, 1.165) is 13.1 Å². The summed E-state index contributed by atoms with van der Waals surface area (Å²) in [5, 5.41) is 0. The van der Waals surface area contributed by atoms with E-state index in [1.807, 2.05) is 6.92 Å². The highest BCUT2D eigenvalue weighted by Gasteiger charge is 2.59. The number of hydrogen-bond donors (Lipinski definition) is 0. The van der Waals surface area contributed by atoms with Gasteiger partial charge in [-0.25, -0.2) is 0 Å². The van der Waals surface area contributed by atoms with E-state index < -0.39 is 0 Å². The molecule has 4 atom stereocenters. The van der Waals surface area contributed by atoms with E-state index in [2.05, 4.69) is 14.1 Å². The maximum absolute atomic E-state index is 11.3. The van der Waals surface area contributed by atoms with E-state index >= 15 is 0 Å². The van der Waals surface area contributed by atoms with E-state index in [9.17, 15) is 4.79 Å². The normalized spacial score (nSPS) is 39.3. The molecule has 3 nitrogen and oxygen atoms in total. The highest BCUT2D eigenvalue weighted by atomic mass is 31.0. The molecule has 1 aliphatic carbocycles. The fourth-order valence-corrected chi connectivity index (χ4v) is 2.63. The Bertz CT molecular complexity index is 197. The fourth-order valence-electron chi connectivity index (χ4n) is 2.15. The highest BCUT2D eigenvalue weighted by Crippen LogP contribution is 2.52. The van der Waals surface area contributed by atoms with Crippen molar-refractivity contribution in [1.29, 1.82) is 0 Å². The van der Waals surface area contributed by atoms with Gasteiger partial charge in [0.05, 0.1) is 12.5 Å². The van der Waals surface area contributed by atoms with Crippen molar-refractivity contribution in [2.24, 2.45) is 17.8 Å². The summed E-state index contributed by atoms with van der Waals surface area (Å²) in [6.07, 6.45) is 0. The second-order valence-corrected chi connectivity index (χ2v) is 4.29. The minimum absolute atomic E-state index is 0.0191. The van der Waals surface area contributed by atoms with Crippen molar-refractivity contribution in [2.45, 2.75) is 6.92 Å². The van der Waals surface area contributed by atoms with E-state index in [1.165, 1.54) is 0 Å². The first-order valence-electron chi connectivity index (χ1n) is 4.40. The number of carbonyl (C=O) groups excluding carboxylic acids is 1. The van der Waals surface area contributed by atoms with Gasteiger partial charge in [0.1, 0.15) is 0 Å². The molecule has 0 N–H and O–H groups in total. The summed E-state index contributed by atoms with van der Waals surface area (Å²) in [5.41, 5.74) is 0. The third-order valence-corrected chi connectivity index (χ3v) is 3.20. The topological polar surface area (TPSA) is 29.5 Å². The van der Waals surface area contributed by atoms with Gasteiger partial charge < -0.3 is 4.74 Å². The zero-order chi connectivity index (χ0) is 8.72. The van der Waals surface area contributed by atoms with Gasteiger partial charge in [-0.05, 0) is 18.8 Å². The molecule has 2 aliphatic rings. The van der Waals surface area contributed by atoms with Gasteiger partial charge >= 0.3 is 5.97 Å². The smallest absolute Gasteiger partial charge is 0.309 e. The molecule has 0 spiro atoms. The molecule has 1 saturated heterocycles. The van der Waals surface area contributed by atoms with Crippen LogP contribution in [-0.4, -0.2) is 30.3 Å². The van der Waals surface area contributed by atoms with Gasteiger partial charge in [-0.1, -0.05) is 9.39 Å². The van der Waals surface area contributed by atoms with Crippen LogP contribution in [0.4, 0.5) is 0 Å². The molecule has 68 valence electrons. The fraction of sp³-hybridized carbons (Fsp3) is 0.875. The average Bonchev–Trinajstić information content (AvgIpc) is 2.51. The van der Waals surface area contributed by atoms with Crippen LogP contribution in [0.3, 0.4) is 0 Å². The molecule has 1 aliphatic heterocycles. The molecule has 0 bridgehead atoms. The van der Waals surface area contributed by atoms with Crippen LogP contribution in [0.2, 0.25) is 0 Å². The van der Waals surface area contributed by atoms with E-state index in [-0.39, 0.29) is 11.9 Å². The minimum Gasteiger partial charge on any atom is -0.466 e. The molecule has 12 heavy (non-hydrogen) atoms. The Kier molecular flexibility index (Phi) is 2.09. The van der Waals surface area contributed by atoms with Crippen molar-refractivity contribution in [2.75, 3.05) is 19.7 Å². The molecule has 2 rings (SSSR count). The lowest BCUT2D eigenvalue weighted by molar-refractivity contribution is -0.145. The molecule has 1 saturated carbocycles. The zero-order valence-corrected chi connectivity index (χ0v) is 8.35. The Morgan fingerprint density at radius 2 is 2.17 bits per heavy atom. The maximum atomic E-state index is 11.3. The van der Waals surface area contributed by atoms with Crippen molar-refractivity contribution < 1.29 is 9.53 Å². The van der Waals surface area contributed by atoms with Crippen molar-refractivity contribution in [3.8, 4) is 0 Å². The maximum Gasteiger partial charge on any atom is 0.309 e. The molecule has 0 aromatic carbocycles.